The molecule has 1 aliphatic rings. The first-order valence-electron chi connectivity index (χ1n) is 7.55. The van der Waals surface area contributed by atoms with Crippen molar-refractivity contribution in [2.45, 2.75) is 77.0 Å². The van der Waals surface area contributed by atoms with Crippen LogP contribution in [0.3, 0.4) is 0 Å². The molecule has 0 heterocycles. The van der Waals surface area contributed by atoms with Crippen molar-refractivity contribution in [1.29, 1.82) is 0 Å². The summed E-state index contributed by atoms with van der Waals surface area (Å²) in [6.45, 7) is 5.43. The lowest BCUT2D eigenvalue weighted by molar-refractivity contribution is -0.150. The highest BCUT2D eigenvalue weighted by Crippen LogP contribution is 2.21. The van der Waals surface area contributed by atoms with E-state index in [1.807, 2.05) is 20.8 Å². The first-order chi connectivity index (χ1) is 9.80. The molecular weight excluding hydrogens is 385 g/mol. The molecule has 0 unspecified atom stereocenters. The number of hydrogen-bond donors (Lipinski definition) is 1. The zero-order valence-corrected chi connectivity index (χ0v) is 15.3. The molecule has 0 aromatic carbocycles. The summed E-state index contributed by atoms with van der Waals surface area (Å²) in [5.41, 5.74) is -0.539. The number of halogens is 1. The molecule has 5 nitrogen and oxygen atoms in total. The molecule has 0 radical (unpaired) electrons. The highest BCUT2D eigenvalue weighted by atomic mass is 127. The lowest BCUT2D eigenvalue weighted by Crippen LogP contribution is -2.41. The highest BCUT2D eigenvalue weighted by molar-refractivity contribution is 14.1. The fourth-order valence-electron chi connectivity index (χ4n) is 2.24. The van der Waals surface area contributed by atoms with Crippen LogP contribution in [0.4, 0.5) is 4.79 Å². The lowest BCUT2D eigenvalue weighted by Gasteiger charge is -2.24. The van der Waals surface area contributed by atoms with Crippen molar-refractivity contribution in [3.63, 3.8) is 0 Å². The largest absolute Gasteiger partial charge is 0.462 e. The first kappa shape index (κ1) is 18.5. The molecule has 0 aliphatic heterocycles. The number of carbonyl (C=O) groups excluding carboxylic acids is 2. The van der Waals surface area contributed by atoms with Crippen molar-refractivity contribution in [2.24, 2.45) is 0 Å². The average Bonchev–Trinajstić information content (AvgIpc) is 2.36. The lowest BCUT2D eigenvalue weighted by atomic mass is 9.98. The van der Waals surface area contributed by atoms with E-state index in [2.05, 4.69) is 27.9 Å². The maximum atomic E-state index is 11.9. The SMILES string of the molecule is CC(C)(C)OC(=O)N[C@H](CI)CC(=O)OC1CCCCC1. The number of nitrogens with one attached hydrogen (secondary N) is 1. The van der Waals surface area contributed by atoms with Gasteiger partial charge in [0.1, 0.15) is 11.7 Å². The van der Waals surface area contributed by atoms with Gasteiger partial charge in [0.25, 0.3) is 0 Å². The minimum Gasteiger partial charge on any atom is -0.462 e. The van der Waals surface area contributed by atoms with Crippen LogP contribution in [0.2, 0.25) is 0 Å². The Morgan fingerprint density at radius 2 is 1.86 bits per heavy atom. The van der Waals surface area contributed by atoms with Gasteiger partial charge in [-0.15, -0.1) is 0 Å². The van der Waals surface area contributed by atoms with Crippen molar-refractivity contribution in [3.8, 4) is 0 Å². The van der Waals surface area contributed by atoms with E-state index in [9.17, 15) is 9.59 Å². The summed E-state index contributed by atoms with van der Waals surface area (Å²) >= 11 is 2.15. The molecule has 1 rings (SSSR count). The van der Waals surface area contributed by atoms with Gasteiger partial charge in [-0.1, -0.05) is 29.0 Å². The van der Waals surface area contributed by atoms with Crippen molar-refractivity contribution >= 4 is 34.7 Å². The number of esters is 1. The van der Waals surface area contributed by atoms with E-state index in [-0.39, 0.29) is 24.5 Å². The van der Waals surface area contributed by atoms with Crippen LogP contribution in [-0.4, -0.2) is 34.2 Å². The molecule has 1 saturated carbocycles. The van der Waals surface area contributed by atoms with Crippen molar-refractivity contribution in [1.82, 2.24) is 5.32 Å². The summed E-state index contributed by atoms with van der Waals surface area (Å²) < 4.78 is 11.3. The Labute approximate surface area is 140 Å². The standard InChI is InChI=1S/C15H26INO4/c1-15(2,3)21-14(19)17-11(10-16)9-13(18)20-12-7-5-4-6-8-12/h11-12H,4-10H2,1-3H3,(H,17,19)/t11-/m0/s1. The zero-order valence-electron chi connectivity index (χ0n) is 13.1. The normalized spacial score (nSPS) is 17.9. The van der Waals surface area contributed by atoms with Crippen molar-refractivity contribution in [3.05, 3.63) is 0 Å². The molecule has 122 valence electrons. The van der Waals surface area contributed by atoms with E-state index in [1.54, 1.807) is 0 Å². The van der Waals surface area contributed by atoms with E-state index >= 15 is 0 Å². The second kappa shape index (κ2) is 8.80. The monoisotopic (exact) mass is 411 g/mol. The maximum Gasteiger partial charge on any atom is 0.407 e. The third kappa shape index (κ3) is 8.48. The predicted molar refractivity (Wildman–Crippen MR) is 89.6 cm³/mol. The molecule has 21 heavy (non-hydrogen) atoms. The Kier molecular flexibility index (Phi) is 7.76. The fourth-order valence-corrected chi connectivity index (χ4v) is 2.77. The van der Waals surface area contributed by atoms with Crippen LogP contribution in [0.5, 0.6) is 0 Å². The van der Waals surface area contributed by atoms with Gasteiger partial charge in [-0.3, -0.25) is 4.79 Å². The van der Waals surface area contributed by atoms with Gasteiger partial charge in [-0.2, -0.15) is 0 Å². The van der Waals surface area contributed by atoms with Gasteiger partial charge in [-0.05, 0) is 46.5 Å². The molecule has 0 spiro atoms. The number of rotatable bonds is 5. The number of hydrogen-bond acceptors (Lipinski definition) is 4. The minimum atomic E-state index is -0.539. The van der Waals surface area contributed by atoms with E-state index in [4.69, 9.17) is 9.47 Å². The number of alkyl carbamates (subject to hydrolysis) is 1. The van der Waals surface area contributed by atoms with E-state index < -0.39 is 11.7 Å². The van der Waals surface area contributed by atoms with E-state index in [0.29, 0.717) is 4.43 Å². The van der Waals surface area contributed by atoms with Gasteiger partial charge in [-0.25, -0.2) is 4.79 Å². The van der Waals surface area contributed by atoms with Crippen molar-refractivity contribution < 1.29 is 19.1 Å². The van der Waals surface area contributed by atoms with Crippen LogP contribution in [0.15, 0.2) is 0 Å². The Hall–Kier alpha value is -0.530. The first-order valence-corrected chi connectivity index (χ1v) is 9.07. The highest BCUT2D eigenvalue weighted by Gasteiger charge is 2.23. The van der Waals surface area contributed by atoms with Crippen LogP contribution < -0.4 is 5.32 Å². The van der Waals surface area contributed by atoms with Gasteiger partial charge in [0.05, 0.1) is 12.5 Å². The van der Waals surface area contributed by atoms with Crippen LogP contribution >= 0.6 is 22.6 Å². The van der Waals surface area contributed by atoms with Gasteiger partial charge >= 0.3 is 12.1 Å². The molecular formula is C15H26INO4. The molecule has 1 amide bonds. The Morgan fingerprint density at radius 3 is 2.38 bits per heavy atom. The smallest absolute Gasteiger partial charge is 0.407 e. The average molecular weight is 411 g/mol. The van der Waals surface area contributed by atoms with Gasteiger partial charge in [0.15, 0.2) is 0 Å². The number of alkyl halides is 1. The molecule has 0 bridgehead atoms. The zero-order chi connectivity index (χ0) is 15.9. The summed E-state index contributed by atoms with van der Waals surface area (Å²) in [5.74, 6) is -0.236. The number of ether oxygens (including phenoxy) is 2. The van der Waals surface area contributed by atoms with E-state index in [0.717, 1.165) is 25.7 Å². The van der Waals surface area contributed by atoms with Gasteiger partial charge in [0.2, 0.25) is 0 Å². The molecule has 1 aliphatic carbocycles. The topological polar surface area (TPSA) is 64.6 Å². The Bertz CT molecular complexity index is 348. The molecule has 6 heteroatoms. The fraction of sp³-hybridized carbons (Fsp3) is 0.867. The van der Waals surface area contributed by atoms with Gasteiger partial charge in [0, 0.05) is 4.43 Å². The molecule has 1 N–H and O–H groups in total. The predicted octanol–water partition coefficient (Wildman–Crippen LogP) is 3.58. The summed E-state index contributed by atoms with van der Waals surface area (Å²) in [5, 5.41) is 2.72. The Morgan fingerprint density at radius 1 is 1.24 bits per heavy atom. The summed E-state index contributed by atoms with van der Waals surface area (Å²) in [6.07, 6.45) is 5.16. The summed E-state index contributed by atoms with van der Waals surface area (Å²) in [6, 6.07) is -0.253. The maximum absolute atomic E-state index is 11.9. The second-order valence-electron chi connectivity index (χ2n) is 6.45. The van der Waals surface area contributed by atoms with Gasteiger partial charge < -0.3 is 14.8 Å². The minimum absolute atomic E-state index is 0.0580. The van der Waals surface area contributed by atoms with Crippen LogP contribution in [0.1, 0.15) is 59.3 Å². The molecule has 0 aromatic heterocycles. The summed E-state index contributed by atoms with van der Waals surface area (Å²) in [7, 11) is 0. The molecule has 0 saturated heterocycles. The van der Waals surface area contributed by atoms with E-state index in [1.165, 1.54) is 6.42 Å². The van der Waals surface area contributed by atoms with Crippen molar-refractivity contribution in [2.75, 3.05) is 4.43 Å². The third-order valence-corrected chi connectivity index (χ3v) is 4.23. The molecule has 1 atom stereocenters. The number of amides is 1. The third-order valence-electron chi connectivity index (χ3n) is 3.17. The molecule has 1 fully saturated rings. The van der Waals surface area contributed by atoms with Crippen LogP contribution in [0.25, 0.3) is 0 Å². The number of carbonyl (C=O) groups is 2. The summed E-state index contributed by atoms with van der Waals surface area (Å²) in [4.78, 5) is 23.6. The second-order valence-corrected chi connectivity index (χ2v) is 7.33. The quantitative estimate of drug-likeness (QED) is 0.427. The molecule has 0 aromatic rings. The van der Waals surface area contributed by atoms with Crippen LogP contribution in [0, 0.1) is 0 Å². The Balaban J connectivity index is 2.34. The van der Waals surface area contributed by atoms with Crippen LogP contribution in [-0.2, 0) is 14.3 Å².